The minimum absolute atomic E-state index is 0.0103. The number of hydrogen-bond donors (Lipinski definition) is 2. The summed E-state index contributed by atoms with van der Waals surface area (Å²) in [6, 6.07) is 1.47. The van der Waals surface area contributed by atoms with Crippen LogP contribution in [0.1, 0.15) is 23.3 Å². The van der Waals surface area contributed by atoms with Crippen LogP contribution < -0.4 is 14.8 Å². The highest BCUT2D eigenvalue weighted by atomic mass is 32.2. The van der Waals surface area contributed by atoms with Gasteiger partial charge >= 0.3 is 0 Å². The van der Waals surface area contributed by atoms with Crippen molar-refractivity contribution in [1.29, 1.82) is 0 Å². The van der Waals surface area contributed by atoms with Gasteiger partial charge in [-0.1, -0.05) is 0 Å². The van der Waals surface area contributed by atoms with Gasteiger partial charge in [-0.05, 0) is 12.8 Å². The number of carbonyl (C=O) groups excluding carboxylic acids is 1. The van der Waals surface area contributed by atoms with Crippen LogP contribution in [-0.2, 0) is 10.0 Å². The molecule has 1 aromatic rings. The average molecular weight is 285 g/mol. The number of pyridine rings is 1. The van der Waals surface area contributed by atoms with Crippen molar-refractivity contribution in [2.45, 2.75) is 18.9 Å². The van der Waals surface area contributed by atoms with Crippen molar-refractivity contribution >= 4 is 21.6 Å². The van der Waals surface area contributed by atoms with Crippen LogP contribution in [0.15, 0.2) is 12.3 Å². The number of nitrogens with zero attached hydrogens (tertiary/aromatic N) is 1. The standard InChI is InChI=1S/C11H15N3O4S/c1-12-11(15)10-9(14-19(2,16)17)5-8(6-13-10)18-7-3-4-7/h5-7,14H,3-4H2,1-2H3,(H,12,15). The summed E-state index contributed by atoms with van der Waals surface area (Å²) in [5.41, 5.74) is 0.121. The van der Waals surface area contributed by atoms with Gasteiger partial charge in [-0.15, -0.1) is 0 Å². The number of nitrogens with one attached hydrogen (secondary N) is 2. The summed E-state index contributed by atoms with van der Waals surface area (Å²) in [7, 11) is -2.05. The van der Waals surface area contributed by atoms with Gasteiger partial charge in [-0.25, -0.2) is 13.4 Å². The normalized spacial score (nSPS) is 14.8. The summed E-state index contributed by atoms with van der Waals surface area (Å²) < 4.78 is 30.4. The zero-order chi connectivity index (χ0) is 14.0. The van der Waals surface area contributed by atoms with E-state index in [1.807, 2.05) is 0 Å². The Morgan fingerprint density at radius 3 is 2.68 bits per heavy atom. The zero-order valence-electron chi connectivity index (χ0n) is 10.6. The molecule has 0 aromatic carbocycles. The second kappa shape index (κ2) is 5.04. The zero-order valence-corrected chi connectivity index (χ0v) is 11.5. The number of sulfonamides is 1. The van der Waals surface area contributed by atoms with E-state index in [0.29, 0.717) is 5.75 Å². The highest BCUT2D eigenvalue weighted by Gasteiger charge is 2.24. The SMILES string of the molecule is CNC(=O)c1ncc(OC2CC2)cc1NS(C)(=O)=O. The van der Waals surface area contributed by atoms with Crippen molar-refractivity contribution in [3.05, 3.63) is 18.0 Å². The Kier molecular flexibility index (Phi) is 3.61. The number of amides is 1. The monoisotopic (exact) mass is 285 g/mol. The molecule has 0 bridgehead atoms. The van der Waals surface area contributed by atoms with Gasteiger partial charge in [0.25, 0.3) is 5.91 Å². The van der Waals surface area contributed by atoms with Crippen LogP contribution in [0.25, 0.3) is 0 Å². The number of ether oxygens (including phenoxy) is 1. The summed E-state index contributed by atoms with van der Waals surface area (Å²) in [4.78, 5) is 15.6. The van der Waals surface area contributed by atoms with Crippen LogP contribution in [0.4, 0.5) is 5.69 Å². The molecule has 0 radical (unpaired) electrons. The topological polar surface area (TPSA) is 97.4 Å². The molecule has 1 aliphatic carbocycles. The smallest absolute Gasteiger partial charge is 0.271 e. The third-order valence-electron chi connectivity index (χ3n) is 2.43. The third-order valence-corrected chi connectivity index (χ3v) is 3.02. The van der Waals surface area contributed by atoms with E-state index in [1.54, 1.807) is 0 Å². The van der Waals surface area contributed by atoms with Crippen LogP contribution in [0, 0.1) is 0 Å². The predicted octanol–water partition coefficient (Wildman–Crippen LogP) is 0.354. The first-order valence-electron chi connectivity index (χ1n) is 5.75. The number of rotatable bonds is 5. The molecule has 0 spiro atoms. The molecule has 1 fully saturated rings. The first kappa shape index (κ1) is 13.6. The first-order chi connectivity index (χ1) is 8.89. The molecule has 7 nitrogen and oxygen atoms in total. The van der Waals surface area contributed by atoms with Crippen molar-refractivity contribution in [1.82, 2.24) is 10.3 Å². The van der Waals surface area contributed by atoms with Crippen molar-refractivity contribution in [3.8, 4) is 5.75 Å². The fourth-order valence-electron chi connectivity index (χ4n) is 1.47. The van der Waals surface area contributed by atoms with Crippen molar-refractivity contribution < 1.29 is 17.9 Å². The molecule has 2 N–H and O–H groups in total. The highest BCUT2D eigenvalue weighted by Crippen LogP contribution is 2.29. The summed E-state index contributed by atoms with van der Waals surface area (Å²) in [6.07, 6.45) is 4.54. The highest BCUT2D eigenvalue weighted by molar-refractivity contribution is 7.92. The molecule has 1 amide bonds. The second-order valence-corrected chi connectivity index (χ2v) is 6.09. The van der Waals surface area contributed by atoms with Crippen LogP contribution >= 0.6 is 0 Å². The maximum atomic E-state index is 11.6. The number of anilines is 1. The lowest BCUT2D eigenvalue weighted by Gasteiger charge is -2.11. The predicted molar refractivity (Wildman–Crippen MR) is 69.7 cm³/mol. The van der Waals surface area contributed by atoms with Gasteiger partial charge in [-0.3, -0.25) is 9.52 Å². The van der Waals surface area contributed by atoms with E-state index in [0.717, 1.165) is 19.1 Å². The van der Waals surface area contributed by atoms with Crippen molar-refractivity contribution in [2.24, 2.45) is 0 Å². The van der Waals surface area contributed by atoms with Gasteiger partial charge in [0.2, 0.25) is 10.0 Å². The molecular weight excluding hydrogens is 270 g/mol. The van der Waals surface area contributed by atoms with Gasteiger partial charge in [0.05, 0.1) is 24.2 Å². The Balaban J connectivity index is 2.33. The summed E-state index contributed by atoms with van der Waals surface area (Å²) in [5, 5.41) is 2.40. The maximum absolute atomic E-state index is 11.6. The van der Waals surface area contributed by atoms with Crippen molar-refractivity contribution in [2.75, 3.05) is 18.0 Å². The van der Waals surface area contributed by atoms with Crippen molar-refractivity contribution in [3.63, 3.8) is 0 Å². The summed E-state index contributed by atoms with van der Waals surface area (Å²) in [6.45, 7) is 0. The fourth-order valence-corrected chi connectivity index (χ4v) is 2.02. The average Bonchev–Trinajstić information content (AvgIpc) is 3.10. The van der Waals surface area contributed by atoms with Gasteiger partial charge in [-0.2, -0.15) is 0 Å². The van der Waals surface area contributed by atoms with E-state index in [2.05, 4.69) is 15.0 Å². The number of carbonyl (C=O) groups is 1. The number of aromatic nitrogens is 1. The molecule has 0 saturated heterocycles. The van der Waals surface area contributed by atoms with Crippen LogP contribution in [0.2, 0.25) is 0 Å². The van der Waals surface area contributed by atoms with E-state index in [4.69, 9.17) is 4.74 Å². The molecular formula is C11H15N3O4S. The quantitative estimate of drug-likeness (QED) is 0.813. The molecule has 2 rings (SSSR count). The van der Waals surface area contributed by atoms with Gasteiger partial charge in [0.1, 0.15) is 5.75 Å². The van der Waals surface area contributed by atoms with Crippen LogP contribution in [-0.4, -0.2) is 38.7 Å². The lowest BCUT2D eigenvalue weighted by atomic mass is 10.3. The molecule has 1 aromatic heterocycles. The molecule has 104 valence electrons. The largest absolute Gasteiger partial charge is 0.489 e. The van der Waals surface area contributed by atoms with E-state index in [9.17, 15) is 13.2 Å². The van der Waals surface area contributed by atoms with Gasteiger partial charge in [0, 0.05) is 13.1 Å². The molecule has 1 saturated carbocycles. The minimum atomic E-state index is -3.50. The second-order valence-electron chi connectivity index (χ2n) is 4.34. The molecule has 1 heterocycles. The first-order valence-corrected chi connectivity index (χ1v) is 7.65. The van der Waals surface area contributed by atoms with E-state index in [-0.39, 0.29) is 17.5 Å². The Hall–Kier alpha value is -1.83. The van der Waals surface area contributed by atoms with E-state index >= 15 is 0 Å². The minimum Gasteiger partial charge on any atom is -0.489 e. The van der Waals surface area contributed by atoms with Crippen LogP contribution in [0.5, 0.6) is 5.75 Å². The van der Waals surface area contributed by atoms with Gasteiger partial charge < -0.3 is 10.1 Å². The van der Waals surface area contributed by atoms with Gasteiger partial charge in [0.15, 0.2) is 5.69 Å². The maximum Gasteiger partial charge on any atom is 0.271 e. The molecule has 19 heavy (non-hydrogen) atoms. The molecule has 0 unspecified atom stereocenters. The Labute approximate surface area is 111 Å². The van der Waals surface area contributed by atoms with Crippen LogP contribution in [0.3, 0.4) is 0 Å². The molecule has 0 aliphatic heterocycles. The van der Waals surface area contributed by atoms with E-state index in [1.165, 1.54) is 19.3 Å². The molecule has 8 heteroatoms. The lowest BCUT2D eigenvalue weighted by Crippen LogP contribution is -2.22. The summed E-state index contributed by atoms with van der Waals surface area (Å²) in [5.74, 6) is -0.0228. The fraction of sp³-hybridized carbons (Fsp3) is 0.455. The molecule has 1 aliphatic rings. The lowest BCUT2D eigenvalue weighted by molar-refractivity contribution is 0.0959. The molecule has 0 atom stereocenters. The Morgan fingerprint density at radius 1 is 1.47 bits per heavy atom. The summed E-state index contributed by atoms with van der Waals surface area (Å²) >= 11 is 0. The Bertz CT molecular complexity index is 596. The van der Waals surface area contributed by atoms with E-state index < -0.39 is 15.9 Å². The Morgan fingerprint density at radius 2 is 2.16 bits per heavy atom. The third kappa shape index (κ3) is 3.82. The number of hydrogen-bond acceptors (Lipinski definition) is 5.